The van der Waals surface area contributed by atoms with Gasteiger partial charge in [0, 0.05) is 49.7 Å². The molecule has 33 heavy (non-hydrogen) atoms. The molecule has 1 aromatic carbocycles. The highest BCUT2D eigenvalue weighted by Gasteiger charge is 2.21. The number of rotatable bonds is 5. The molecule has 0 aromatic heterocycles. The molecule has 0 atom stereocenters. The Morgan fingerprint density at radius 1 is 1.12 bits per heavy atom. The second kappa shape index (κ2) is 14.6. The summed E-state index contributed by atoms with van der Waals surface area (Å²) in [5.74, 6) is 0.632. The molecular weight excluding hydrogens is 408 g/mol. The summed E-state index contributed by atoms with van der Waals surface area (Å²) in [5.41, 5.74) is 12.7. The van der Waals surface area contributed by atoms with Gasteiger partial charge in [-0.3, -0.25) is 9.69 Å². The number of nitrogens with zero attached hydrogens (tertiary/aromatic N) is 2. The summed E-state index contributed by atoms with van der Waals surface area (Å²) in [6.45, 7) is 16.3. The first kappa shape index (κ1) is 28.5. The van der Waals surface area contributed by atoms with Crippen molar-refractivity contribution < 1.29 is 4.79 Å². The molecule has 0 spiro atoms. The van der Waals surface area contributed by atoms with Crippen LogP contribution in [0.5, 0.6) is 0 Å². The number of likely N-dealkylation sites (tertiary alicyclic amines) is 1. The topological polar surface area (TPSA) is 61.6 Å². The maximum Gasteiger partial charge on any atom is 0.253 e. The summed E-state index contributed by atoms with van der Waals surface area (Å²) in [5, 5.41) is 3.35. The van der Waals surface area contributed by atoms with Crippen LogP contribution in [0.25, 0.3) is 0 Å². The molecule has 0 radical (unpaired) electrons. The van der Waals surface area contributed by atoms with Crippen LogP contribution in [0.4, 0.5) is 0 Å². The van der Waals surface area contributed by atoms with Crippen molar-refractivity contribution in [3.05, 3.63) is 70.1 Å². The first-order valence-electron chi connectivity index (χ1n) is 12.5. The Morgan fingerprint density at radius 3 is 2.21 bits per heavy atom. The van der Waals surface area contributed by atoms with E-state index < -0.39 is 0 Å². The number of amides is 1. The maximum atomic E-state index is 12.1. The van der Waals surface area contributed by atoms with E-state index in [1.165, 1.54) is 11.1 Å². The van der Waals surface area contributed by atoms with E-state index in [0.717, 1.165) is 61.6 Å². The molecule has 184 valence electrons. The summed E-state index contributed by atoms with van der Waals surface area (Å²) >= 11 is 0. The zero-order chi connectivity index (χ0) is 25.0. The SMILES string of the molecule is CC.CC.CC1=C(/C=C(\C)CN2CCC(c3ccc(C(=O)N(C)C)cc3)CC2)C(N)=CCN1. The maximum absolute atomic E-state index is 12.1. The molecule has 3 N–H and O–H groups in total. The van der Waals surface area contributed by atoms with E-state index in [4.69, 9.17) is 5.73 Å². The van der Waals surface area contributed by atoms with Gasteiger partial charge in [0.25, 0.3) is 5.91 Å². The molecule has 3 rings (SSSR count). The second-order valence-corrected chi connectivity index (χ2v) is 8.44. The van der Waals surface area contributed by atoms with Crippen LogP contribution in [-0.2, 0) is 0 Å². The predicted molar refractivity (Wildman–Crippen MR) is 142 cm³/mol. The lowest BCUT2D eigenvalue weighted by molar-refractivity contribution is 0.0827. The molecule has 5 heteroatoms. The summed E-state index contributed by atoms with van der Waals surface area (Å²) in [6, 6.07) is 8.18. The van der Waals surface area contributed by atoms with Crippen molar-refractivity contribution in [2.75, 3.05) is 40.3 Å². The fourth-order valence-electron chi connectivity index (χ4n) is 4.15. The minimum atomic E-state index is 0.0580. The van der Waals surface area contributed by atoms with Gasteiger partial charge in [-0.1, -0.05) is 51.5 Å². The third-order valence-corrected chi connectivity index (χ3v) is 5.89. The summed E-state index contributed by atoms with van der Waals surface area (Å²) < 4.78 is 0. The van der Waals surface area contributed by atoms with Crippen molar-refractivity contribution in [2.45, 2.75) is 60.3 Å². The van der Waals surface area contributed by atoms with Gasteiger partial charge in [-0.25, -0.2) is 0 Å². The van der Waals surface area contributed by atoms with E-state index in [2.05, 4.69) is 42.3 Å². The average Bonchev–Trinajstić information content (AvgIpc) is 2.84. The van der Waals surface area contributed by atoms with Crippen LogP contribution >= 0.6 is 0 Å². The van der Waals surface area contributed by atoms with Gasteiger partial charge < -0.3 is 16.0 Å². The van der Waals surface area contributed by atoms with Gasteiger partial charge in [-0.15, -0.1) is 0 Å². The van der Waals surface area contributed by atoms with Crippen molar-refractivity contribution in [2.24, 2.45) is 5.73 Å². The lowest BCUT2D eigenvalue weighted by atomic mass is 9.88. The van der Waals surface area contributed by atoms with Crippen LogP contribution in [0.15, 0.2) is 59.0 Å². The largest absolute Gasteiger partial charge is 0.398 e. The molecule has 0 saturated carbocycles. The molecule has 0 bridgehead atoms. The highest BCUT2D eigenvalue weighted by Crippen LogP contribution is 2.29. The Hall–Kier alpha value is -2.53. The molecule has 2 heterocycles. The van der Waals surface area contributed by atoms with Crippen LogP contribution in [0.1, 0.15) is 76.2 Å². The summed E-state index contributed by atoms with van der Waals surface area (Å²) in [4.78, 5) is 16.2. The summed E-state index contributed by atoms with van der Waals surface area (Å²) in [6.07, 6.45) is 6.56. The molecule has 1 amide bonds. The van der Waals surface area contributed by atoms with Gasteiger partial charge in [0.15, 0.2) is 0 Å². The van der Waals surface area contributed by atoms with Gasteiger partial charge in [0.1, 0.15) is 0 Å². The van der Waals surface area contributed by atoms with E-state index in [0.29, 0.717) is 5.92 Å². The Balaban J connectivity index is 0.00000129. The monoisotopic (exact) mass is 454 g/mol. The number of nitrogens with one attached hydrogen (secondary N) is 1. The smallest absolute Gasteiger partial charge is 0.253 e. The number of allylic oxidation sites excluding steroid dienone is 2. The normalized spacial score (nSPS) is 17.1. The third-order valence-electron chi connectivity index (χ3n) is 5.89. The summed E-state index contributed by atoms with van der Waals surface area (Å²) in [7, 11) is 3.57. The Morgan fingerprint density at radius 2 is 1.70 bits per heavy atom. The zero-order valence-corrected chi connectivity index (χ0v) is 22.2. The van der Waals surface area contributed by atoms with Gasteiger partial charge in [-0.05, 0) is 69.5 Å². The van der Waals surface area contributed by atoms with Crippen LogP contribution in [0.3, 0.4) is 0 Å². The highest BCUT2D eigenvalue weighted by atomic mass is 16.2. The molecule has 2 aliphatic heterocycles. The number of benzene rings is 1. The number of piperidine rings is 1. The van der Waals surface area contributed by atoms with Crippen LogP contribution in [-0.4, -0.2) is 56.0 Å². The third kappa shape index (κ3) is 8.39. The average molecular weight is 455 g/mol. The molecule has 5 nitrogen and oxygen atoms in total. The fourth-order valence-corrected chi connectivity index (χ4v) is 4.15. The van der Waals surface area contributed by atoms with Gasteiger partial charge in [0.05, 0.1) is 0 Å². The van der Waals surface area contributed by atoms with Gasteiger partial charge in [0.2, 0.25) is 0 Å². The van der Waals surface area contributed by atoms with E-state index in [9.17, 15) is 4.79 Å². The van der Waals surface area contributed by atoms with E-state index in [-0.39, 0.29) is 5.91 Å². The van der Waals surface area contributed by atoms with E-state index in [1.54, 1.807) is 19.0 Å². The fraction of sp³-hybridized carbons (Fsp3) is 0.536. The lowest BCUT2D eigenvalue weighted by Crippen LogP contribution is -2.34. The quantitative estimate of drug-likeness (QED) is 0.635. The highest BCUT2D eigenvalue weighted by molar-refractivity contribution is 5.93. The predicted octanol–water partition coefficient (Wildman–Crippen LogP) is 5.29. The van der Waals surface area contributed by atoms with Crippen molar-refractivity contribution in [1.29, 1.82) is 0 Å². The van der Waals surface area contributed by atoms with E-state index >= 15 is 0 Å². The molecule has 1 fully saturated rings. The molecule has 1 aromatic rings. The lowest BCUT2D eigenvalue weighted by Gasteiger charge is -2.32. The number of nitrogens with two attached hydrogens (primary N) is 1. The van der Waals surface area contributed by atoms with E-state index in [1.807, 2.05) is 45.9 Å². The standard InChI is InChI=1S/C24H34N4O.2C2H6/c1-17(15-22-18(2)26-12-9-23(22)25)16-28-13-10-20(11-14-28)19-5-7-21(8-6-19)24(29)27(3)4;2*1-2/h5-9,15,20,26H,10-14,16,25H2,1-4H3;2*1-2H3/b17-15+;;. The Labute approximate surface area is 202 Å². The minimum Gasteiger partial charge on any atom is -0.398 e. The Bertz CT molecular complexity index is 826. The number of hydrogen-bond donors (Lipinski definition) is 2. The molecule has 0 aliphatic carbocycles. The molecular formula is C28H46N4O. The van der Waals surface area contributed by atoms with Crippen molar-refractivity contribution in [3.8, 4) is 0 Å². The van der Waals surface area contributed by atoms with Gasteiger partial charge in [-0.2, -0.15) is 0 Å². The van der Waals surface area contributed by atoms with Crippen molar-refractivity contribution in [3.63, 3.8) is 0 Å². The minimum absolute atomic E-state index is 0.0580. The van der Waals surface area contributed by atoms with Gasteiger partial charge >= 0.3 is 0 Å². The number of dihydropyridines is 1. The van der Waals surface area contributed by atoms with Crippen molar-refractivity contribution >= 4 is 5.91 Å². The Kier molecular flexibility index (Phi) is 12.6. The van der Waals surface area contributed by atoms with Crippen LogP contribution in [0.2, 0.25) is 0 Å². The molecule has 2 aliphatic rings. The molecule has 1 saturated heterocycles. The number of carbonyl (C=O) groups is 1. The first-order chi connectivity index (χ1) is 15.8. The number of carbonyl (C=O) groups excluding carboxylic acids is 1. The van der Waals surface area contributed by atoms with Crippen LogP contribution in [0, 0.1) is 0 Å². The first-order valence-corrected chi connectivity index (χ1v) is 12.5. The van der Waals surface area contributed by atoms with Crippen LogP contribution < -0.4 is 11.1 Å². The zero-order valence-electron chi connectivity index (χ0n) is 22.2. The second-order valence-electron chi connectivity index (χ2n) is 8.44. The number of hydrogen-bond acceptors (Lipinski definition) is 4. The van der Waals surface area contributed by atoms with Crippen molar-refractivity contribution in [1.82, 2.24) is 15.1 Å². The molecule has 0 unspecified atom stereocenters.